The zero-order valence-corrected chi connectivity index (χ0v) is 14.1. The number of aliphatic hydroxyl groups is 1. The lowest BCUT2D eigenvalue weighted by molar-refractivity contribution is 0.0588. The van der Waals surface area contributed by atoms with Gasteiger partial charge in [-0.05, 0) is 24.8 Å². The summed E-state index contributed by atoms with van der Waals surface area (Å²) >= 11 is 0. The molecule has 0 aliphatic carbocycles. The molecule has 0 spiro atoms. The average Bonchev–Trinajstić information content (AvgIpc) is 2.33. The van der Waals surface area contributed by atoms with Gasteiger partial charge in [0.05, 0.1) is 5.75 Å². The van der Waals surface area contributed by atoms with Crippen molar-refractivity contribution in [1.29, 1.82) is 0 Å². The van der Waals surface area contributed by atoms with Crippen LogP contribution in [0.1, 0.15) is 39.7 Å². The van der Waals surface area contributed by atoms with E-state index in [4.69, 9.17) is 0 Å². The maximum atomic E-state index is 13.7. The molecule has 0 aliphatic heterocycles. The Labute approximate surface area is 130 Å². The van der Waals surface area contributed by atoms with Crippen LogP contribution in [0.3, 0.4) is 0 Å². The van der Waals surface area contributed by atoms with Gasteiger partial charge in [0.15, 0.2) is 0 Å². The van der Waals surface area contributed by atoms with E-state index in [1.54, 1.807) is 0 Å². The Morgan fingerprint density at radius 1 is 1.18 bits per heavy atom. The van der Waals surface area contributed by atoms with Gasteiger partial charge < -0.3 is 5.11 Å². The molecule has 2 N–H and O–H groups in total. The molecule has 0 aliphatic rings. The molecular formula is C15H23F2NO3S. The van der Waals surface area contributed by atoms with Gasteiger partial charge >= 0.3 is 0 Å². The Hall–Kier alpha value is -1.05. The van der Waals surface area contributed by atoms with Gasteiger partial charge in [-0.3, -0.25) is 0 Å². The monoisotopic (exact) mass is 335 g/mol. The van der Waals surface area contributed by atoms with Crippen LogP contribution < -0.4 is 4.72 Å². The number of sulfonamides is 1. The van der Waals surface area contributed by atoms with Gasteiger partial charge in [0.1, 0.15) is 17.2 Å². The van der Waals surface area contributed by atoms with Crippen molar-refractivity contribution in [3.63, 3.8) is 0 Å². The molecule has 0 radical (unpaired) electrons. The van der Waals surface area contributed by atoms with Crippen molar-refractivity contribution in [2.75, 3.05) is 12.3 Å². The van der Waals surface area contributed by atoms with E-state index in [0.717, 1.165) is 12.1 Å². The van der Waals surface area contributed by atoms with E-state index < -0.39 is 27.3 Å². The van der Waals surface area contributed by atoms with E-state index in [1.807, 2.05) is 20.8 Å². The molecule has 0 fully saturated rings. The fourth-order valence-electron chi connectivity index (χ4n) is 1.78. The summed E-state index contributed by atoms with van der Waals surface area (Å²) in [7, 11) is -3.58. The van der Waals surface area contributed by atoms with Crippen LogP contribution in [0.25, 0.3) is 0 Å². The van der Waals surface area contributed by atoms with Gasteiger partial charge in [0.25, 0.3) is 0 Å². The van der Waals surface area contributed by atoms with Crippen molar-refractivity contribution in [2.24, 2.45) is 5.41 Å². The van der Waals surface area contributed by atoms with Crippen LogP contribution in [0.5, 0.6) is 0 Å². The summed E-state index contributed by atoms with van der Waals surface area (Å²) in [5.74, 6) is -1.76. The molecule has 1 atom stereocenters. The highest BCUT2D eigenvalue weighted by Crippen LogP contribution is 2.24. The van der Waals surface area contributed by atoms with Crippen LogP contribution in [0.15, 0.2) is 18.2 Å². The highest BCUT2D eigenvalue weighted by atomic mass is 32.2. The second-order valence-corrected chi connectivity index (χ2v) is 8.78. The van der Waals surface area contributed by atoms with E-state index >= 15 is 0 Å². The smallest absolute Gasteiger partial charge is 0.211 e. The standard InChI is InChI=1S/C15H23F2NO3S/c1-14(2,3)7-8-22(20,21)18-10-15(4,19)12-6-5-11(16)9-13(12)17/h5-6,9,18-19H,7-8,10H2,1-4H3. The molecule has 126 valence electrons. The zero-order valence-electron chi connectivity index (χ0n) is 13.3. The minimum absolute atomic E-state index is 0.0848. The quantitative estimate of drug-likeness (QED) is 0.839. The zero-order chi connectivity index (χ0) is 17.2. The minimum Gasteiger partial charge on any atom is -0.384 e. The normalized spacial score (nSPS) is 15.6. The molecule has 1 aromatic carbocycles. The van der Waals surface area contributed by atoms with Crippen molar-refractivity contribution in [2.45, 2.75) is 39.7 Å². The third-order valence-electron chi connectivity index (χ3n) is 3.27. The highest BCUT2D eigenvalue weighted by molar-refractivity contribution is 7.89. The molecule has 0 heterocycles. The van der Waals surface area contributed by atoms with E-state index in [1.165, 1.54) is 6.92 Å². The van der Waals surface area contributed by atoms with Gasteiger partial charge in [-0.15, -0.1) is 0 Å². The Kier molecular flexibility index (Phi) is 5.70. The van der Waals surface area contributed by atoms with Crippen LogP contribution in [0, 0.1) is 17.0 Å². The lowest BCUT2D eigenvalue weighted by Crippen LogP contribution is -2.40. The van der Waals surface area contributed by atoms with Crippen LogP contribution in [0.4, 0.5) is 8.78 Å². The minimum atomic E-state index is -3.58. The summed E-state index contributed by atoms with van der Waals surface area (Å²) in [4.78, 5) is 0. The number of nitrogens with one attached hydrogen (secondary N) is 1. The molecule has 1 unspecified atom stereocenters. The molecule has 0 aromatic heterocycles. The fourth-order valence-corrected chi connectivity index (χ4v) is 3.31. The van der Waals surface area contributed by atoms with Crippen molar-refractivity contribution in [1.82, 2.24) is 4.72 Å². The third kappa shape index (κ3) is 5.98. The van der Waals surface area contributed by atoms with Crippen molar-refractivity contribution >= 4 is 10.0 Å². The van der Waals surface area contributed by atoms with E-state index in [0.29, 0.717) is 12.5 Å². The molecule has 0 amide bonds. The van der Waals surface area contributed by atoms with Gasteiger partial charge in [-0.25, -0.2) is 21.9 Å². The predicted octanol–water partition coefficient (Wildman–Crippen LogP) is 2.53. The molecular weight excluding hydrogens is 312 g/mol. The molecule has 0 saturated heterocycles. The Morgan fingerprint density at radius 2 is 1.77 bits per heavy atom. The first-order valence-corrected chi connectivity index (χ1v) is 8.63. The lowest BCUT2D eigenvalue weighted by Gasteiger charge is -2.25. The number of hydrogen-bond acceptors (Lipinski definition) is 3. The Morgan fingerprint density at radius 3 is 2.27 bits per heavy atom. The van der Waals surface area contributed by atoms with Crippen LogP contribution in [0.2, 0.25) is 0 Å². The molecule has 22 heavy (non-hydrogen) atoms. The summed E-state index contributed by atoms with van der Waals surface area (Å²) in [5, 5.41) is 10.3. The number of hydrogen-bond donors (Lipinski definition) is 2. The summed E-state index contributed by atoms with van der Waals surface area (Å²) in [6, 6.07) is 2.77. The van der Waals surface area contributed by atoms with Gasteiger partial charge in [-0.1, -0.05) is 26.8 Å². The van der Waals surface area contributed by atoms with E-state index in [-0.39, 0.29) is 23.3 Å². The first-order valence-electron chi connectivity index (χ1n) is 6.98. The van der Waals surface area contributed by atoms with Crippen LogP contribution in [-0.2, 0) is 15.6 Å². The third-order valence-corrected chi connectivity index (χ3v) is 4.59. The maximum Gasteiger partial charge on any atom is 0.211 e. The largest absolute Gasteiger partial charge is 0.384 e. The SMILES string of the molecule is CC(C)(C)CCS(=O)(=O)NCC(C)(O)c1ccc(F)cc1F. The molecule has 7 heteroatoms. The summed E-state index contributed by atoms with van der Waals surface area (Å²) in [6.07, 6.45) is 0.454. The molecule has 1 rings (SSSR count). The second-order valence-electron chi connectivity index (χ2n) is 6.85. The molecule has 0 bridgehead atoms. The molecule has 4 nitrogen and oxygen atoms in total. The first-order chi connectivity index (χ1) is 9.82. The predicted molar refractivity (Wildman–Crippen MR) is 81.8 cm³/mol. The van der Waals surface area contributed by atoms with Gasteiger partial charge in [0, 0.05) is 18.2 Å². The Balaban J connectivity index is 2.76. The summed E-state index contributed by atoms with van der Waals surface area (Å²) in [6.45, 7) is 6.66. The second kappa shape index (κ2) is 6.60. The molecule has 1 aromatic rings. The average molecular weight is 335 g/mol. The van der Waals surface area contributed by atoms with Crippen molar-refractivity contribution in [3.8, 4) is 0 Å². The maximum absolute atomic E-state index is 13.7. The van der Waals surface area contributed by atoms with Gasteiger partial charge in [-0.2, -0.15) is 0 Å². The lowest BCUT2D eigenvalue weighted by atomic mass is 9.94. The fraction of sp³-hybridized carbons (Fsp3) is 0.600. The highest BCUT2D eigenvalue weighted by Gasteiger charge is 2.29. The number of halogens is 2. The number of rotatable bonds is 6. The van der Waals surface area contributed by atoms with Crippen LogP contribution in [-0.4, -0.2) is 25.8 Å². The van der Waals surface area contributed by atoms with Crippen molar-refractivity contribution < 1.29 is 22.3 Å². The Bertz CT molecular complexity index is 622. The van der Waals surface area contributed by atoms with E-state index in [9.17, 15) is 22.3 Å². The topological polar surface area (TPSA) is 66.4 Å². The van der Waals surface area contributed by atoms with Gasteiger partial charge in [0.2, 0.25) is 10.0 Å². The van der Waals surface area contributed by atoms with Crippen molar-refractivity contribution in [3.05, 3.63) is 35.4 Å². The van der Waals surface area contributed by atoms with E-state index in [2.05, 4.69) is 4.72 Å². The molecule has 0 saturated carbocycles. The number of benzene rings is 1. The summed E-state index contributed by atoms with van der Waals surface area (Å²) < 4.78 is 52.7. The summed E-state index contributed by atoms with van der Waals surface area (Å²) in [5.41, 5.74) is -2.07. The first kappa shape index (κ1) is 19.0. The van der Waals surface area contributed by atoms with Crippen LogP contribution >= 0.6 is 0 Å².